The van der Waals surface area contributed by atoms with Crippen molar-refractivity contribution in [2.45, 2.75) is 20.8 Å². The van der Waals surface area contributed by atoms with Crippen LogP contribution < -0.4 is 10.9 Å². The molecule has 152 valence electrons. The number of amides is 1. The van der Waals surface area contributed by atoms with E-state index in [0.717, 1.165) is 22.8 Å². The first kappa shape index (κ1) is 19.4. The maximum Gasteiger partial charge on any atom is 0.295 e. The molecule has 0 aliphatic rings. The summed E-state index contributed by atoms with van der Waals surface area (Å²) in [7, 11) is 1.79. The van der Waals surface area contributed by atoms with Crippen molar-refractivity contribution in [3.05, 3.63) is 93.7 Å². The number of nitrogens with zero attached hydrogens (tertiary/aromatic N) is 4. The number of aromatic nitrogens is 4. The second-order valence-electron chi connectivity index (χ2n) is 7.28. The average Bonchev–Trinajstić information content (AvgIpc) is 3.19. The van der Waals surface area contributed by atoms with E-state index in [1.807, 2.05) is 74.0 Å². The zero-order valence-electron chi connectivity index (χ0n) is 17.4. The summed E-state index contributed by atoms with van der Waals surface area (Å²) < 4.78 is 5.10. The lowest BCUT2D eigenvalue weighted by molar-refractivity contribution is 0.102. The van der Waals surface area contributed by atoms with E-state index >= 15 is 0 Å². The Morgan fingerprint density at radius 2 is 1.60 bits per heavy atom. The first-order chi connectivity index (χ1) is 14.4. The third-order valence-corrected chi connectivity index (χ3v) is 5.18. The van der Waals surface area contributed by atoms with Gasteiger partial charge in [-0.3, -0.25) is 14.3 Å². The van der Waals surface area contributed by atoms with E-state index in [0.29, 0.717) is 11.3 Å². The summed E-state index contributed by atoms with van der Waals surface area (Å²) >= 11 is 0. The summed E-state index contributed by atoms with van der Waals surface area (Å²) in [5.41, 5.74) is 4.71. The minimum atomic E-state index is -0.332. The molecule has 7 heteroatoms. The van der Waals surface area contributed by atoms with Crippen LogP contribution in [0.4, 0.5) is 5.69 Å². The molecule has 2 heterocycles. The topological polar surface area (TPSA) is 73.8 Å². The molecule has 2 aromatic carbocycles. The molecule has 4 rings (SSSR count). The lowest BCUT2D eigenvalue weighted by Crippen LogP contribution is -2.23. The Morgan fingerprint density at radius 1 is 0.933 bits per heavy atom. The molecule has 1 amide bonds. The molecule has 0 aliphatic heterocycles. The van der Waals surface area contributed by atoms with Crippen LogP contribution in [0.1, 0.15) is 27.4 Å². The van der Waals surface area contributed by atoms with Gasteiger partial charge in [-0.25, -0.2) is 9.36 Å². The lowest BCUT2D eigenvalue weighted by atomic mass is 10.2. The monoisotopic (exact) mass is 401 g/mol. The molecule has 0 spiro atoms. The van der Waals surface area contributed by atoms with E-state index in [1.54, 1.807) is 23.9 Å². The van der Waals surface area contributed by atoms with Gasteiger partial charge >= 0.3 is 0 Å². The Bertz CT molecular complexity index is 1280. The molecule has 1 N–H and O–H groups in total. The van der Waals surface area contributed by atoms with Gasteiger partial charge in [0.1, 0.15) is 5.69 Å². The SMILES string of the molecule is Cc1cc(C)n(-c2ccc(C(=O)Nc3c(C)n(C)n(-c4ccccc4)c3=O)cc2)n1. The van der Waals surface area contributed by atoms with Gasteiger partial charge in [-0.2, -0.15) is 5.10 Å². The number of hydrogen-bond acceptors (Lipinski definition) is 3. The van der Waals surface area contributed by atoms with Gasteiger partial charge in [0.2, 0.25) is 0 Å². The molecule has 4 aromatic rings. The summed E-state index contributed by atoms with van der Waals surface area (Å²) in [4.78, 5) is 25.8. The number of carbonyl (C=O) groups is 1. The fourth-order valence-corrected chi connectivity index (χ4v) is 3.54. The van der Waals surface area contributed by atoms with Crippen molar-refractivity contribution in [1.82, 2.24) is 19.1 Å². The first-order valence-corrected chi connectivity index (χ1v) is 9.66. The highest BCUT2D eigenvalue weighted by Gasteiger charge is 2.19. The lowest BCUT2D eigenvalue weighted by Gasteiger charge is -2.07. The molecular formula is C23H23N5O2. The average molecular weight is 401 g/mol. The van der Waals surface area contributed by atoms with Gasteiger partial charge in [0, 0.05) is 18.3 Å². The number of aryl methyl sites for hydroxylation is 2. The molecule has 0 fully saturated rings. The van der Waals surface area contributed by atoms with E-state index < -0.39 is 0 Å². The summed E-state index contributed by atoms with van der Waals surface area (Å²) in [5.74, 6) is -0.332. The highest BCUT2D eigenvalue weighted by Crippen LogP contribution is 2.17. The summed E-state index contributed by atoms with van der Waals surface area (Å²) in [6, 6.07) is 18.5. The van der Waals surface area contributed by atoms with Crippen molar-refractivity contribution in [2.75, 3.05) is 5.32 Å². The molecular weight excluding hydrogens is 378 g/mol. The number of para-hydroxylation sites is 1. The molecule has 0 aliphatic carbocycles. The Morgan fingerprint density at radius 3 is 2.20 bits per heavy atom. The summed E-state index contributed by atoms with van der Waals surface area (Å²) in [6.45, 7) is 5.73. The number of nitrogens with one attached hydrogen (secondary N) is 1. The summed E-state index contributed by atoms with van der Waals surface area (Å²) in [5, 5.41) is 7.24. The maximum atomic E-state index is 13.0. The van der Waals surface area contributed by atoms with E-state index in [1.165, 1.54) is 4.68 Å². The third-order valence-electron chi connectivity index (χ3n) is 5.18. The second kappa shape index (κ2) is 7.51. The Hall–Kier alpha value is -3.87. The van der Waals surface area contributed by atoms with Crippen molar-refractivity contribution in [1.29, 1.82) is 0 Å². The maximum absolute atomic E-state index is 13.0. The van der Waals surface area contributed by atoms with Crippen LogP contribution in [-0.2, 0) is 7.05 Å². The molecule has 0 radical (unpaired) electrons. The van der Waals surface area contributed by atoms with Crippen molar-refractivity contribution in [3.8, 4) is 11.4 Å². The van der Waals surface area contributed by atoms with Gasteiger partial charge in [-0.1, -0.05) is 18.2 Å². The van der Waals surface area contributed by atoms with Crippen LogP contribution in [0.3, 0.4) is 0 Å². The van der Waals surface area contributed by atoms with Crippen molar-refractivity contribution in [2.24, 2.45) is 7.05 Å². The Kier molecular flexibility index (Phi) is 4.87. The van der Waals surface area contributed by atoms with Crippen molar-refractivity contribution in [3.63, 3.8) is 0 Å². The normalized spacial score (nSPS) is 10.9. The quantitative estimate of drug-likeness (QED) is 0.568. The van der Waals surface area contributed by atoms with Crippen molar-refractivity contribution < 1.29 is 4.79 Å². The second-order valence-corrected chi connectivity index (χ2v) is 7.28. The Labute approximate surface area is 174 Å². The number of anilines is 1. The smallest absolute Gasteiger partial charge is 0.295 e. The standard InChI is InChI=1S/C23H23N5O2/c1-15-14-16(2)27(25-15)19-12-10-18(11-13-19)22(29)24-21-17(3)26(4)28(23(21)30)20-8-6-5-7-9-20/h5-14H,1-4H3,(H,24,29). The predicted octanol–water partition coefficient (Wildman–Crippen LogP) is 3.54. The third kappa shape index (κ3) is 3.34. The first-order valence-electron chi connectivity index (χ1n) is 9.66. The van der Waals surface area contributed by atoms with Gasteiger partial charge < -0.3 is 5.32 Å². The Balaban J connectivity index is 1.62. The molecule has 0 bridgehead atoms. The highest BCUT2D eigenvalue weighted by atomic mass is 16.2. The number of hydrogen-bond donors (Lipinski definition) is 1. The van der Waals surface area contributed by atoms with E-state index in [9.17, 15) is 9.59 Å². The predicted molar refractivity (Wildman–Crippen MR) is 117 cm³/mol. The van der Waals surface area contributed by atoms with Gasteiger partial charge in [0.25, 0.3) is 11.5 Å². The van der Waals surface area contributed by atoms with Gasteiger partial charge in [0.05, 0.1) is 22.8 Å². The molecule has 30 heavy (non-hydrogen) atoms. The zero-order chi connectivity index (χ0) is 21.4. The van der Waals surface area contributed by atoms with Crippen LogP contribution in [0.5, 0.6) is 0 Å². The van der Waals surface area contributed by atoms with Crippen LogP contribution in [0.2, 0.25) is 0 Å². The van der Waals surface area contributed by atoms with E-state index in [2.05, 4.69) is 10.4 Å². The largest absolute Gasteiger partial charge is 0.316 e. The molecule has 7 nitrogen and oxygen atoms in total. The van der Waals surface area contributed by atoms with E-state index in [4.69, 9.17) is 0 Å². The van der Waals surface area contributed by atoms with Crippen LogP contribution in [0, 0.1) is 20.8 Å². The van der Waals surface area contributed by atoms with Crippen LogP contribution >= 0.6 is 0 Å². The number of benzene rings is 2. The van der Waals surface area contributed by atoms with Crippen molar-refractivity contribution >= 4 is 11.6 Å². The zero-order valence-corrected chi connectivity index (χ0v) is 17.4. The molecule has 0 saturated heterocycles. The number of rotatable bonds is 4. The van der Waals surface area contributed by atoms with Gasteiger partial charge in [-0.15, -0.1) is 0 Å². The molecule has 0 saturated carbocycles. The van der Waals surface area contributed by atoms with E-state index in [-0.39, 0.29) is 17.2 Å². The van der Waals surface area contributed by atoms with Crippen LogP contribution in [0.25, 0.3) is 11.4 Å². The molecule has 0 atom stereocenters. The fraction of sp³-hybridized carbons (Fsp3) is 0.174. The fourth-order valence-electron chi connectivity index (χ4n) is 3.54. The van der Waals surface area contributed by atoms with Crippen LogP contribution in [0.15, 0.2) is 65.5 Å². The molecule has 2 aromatic heterocycles. The number of carbonyl (C=O) groups excluding carboxylic acids is 1. The molecule has 0 unspecified atom stereocenters. The minimum absolute atomic E-state index is 0.270. The van der Waals surface area contributed by atoms with Crippen LogP contribution in [-0.4, -0.2) is 25.1 Å². The minimum Gasteiger partial charge on any atom is -0.316 e. The van der Waals surface area contributed by atoms with Gasteiger partial charge in [-0.05, 0) is 63.2 Å². The highest BCUT2D eigenvalue weighted by molar-refractivity contribution is 6.04. The van der Waals surface area contributed by atoms with Gasteiger partial charge in [0.15, 0.2) is 0 Å². The summed E-state index contributed by atoms with van der Waals surface area (Å²) in [6.07, 6.45) is 0.